The lowest BCUT2D eigenvalue weighted by Gasteiger charge is -2.53. The smallest absolute Gasteiger partial charge is 0.0922 e. The quantitative estimate of drug-likeness (QED) is 0.788. The topological polar surface area (TPSA) is 17.4 Å². The molecule has 1 aromatic carbocycles. The molecule has 1 fully saturated rings. The Morgan fingerprint density at radius 3 is 2.88 bits per heavy atom. The lowest BCUT2D eigenvalue weighted by Crippen LogP contribution is -2.55. The molecule has 5 rings (SSSR count). The van der Waals surface area contributed by atoms with Gasteiger partial charge in [0.15, 0.2) is 0 Å². The van der Waals surface area contributed by atoms with Crippen molar-refractivity contribution in [1.29, 1.82) is 0 Å². The molecule has 3 aliphatic rings. The van der Waals surface area contributed by atoms with Gasteiger partial charge in [0.2, 0.25) is 0 Å². The van der Waals surface area contributed by atoms with E-state index in [1.54, 1.807) is 11.3 Å². The van der Waals surface area contributed by atoms with Crippen molar-refractivity contribution in [2.24, 2.45) is 18.9 Å². The Hall–Kier alpha value is -1.74. The molecule has 3 nitrogen and oxygen atoms in total. The van der Waals surface area contributed by atoms with E-state index in [-0.39, 0.29) is 0 Å². The first-order valence-corrected chi connectivity index (χ1v) is 9.29. The fourth-order valence-electron chi connectivity index (χ4n) is 5.68. The van der Waals surface area contributed by atoms with E-state index in [1.165, 1.54) is 22.9 Å². The summed E-state index contributed by atoms with van der Waals surface area (Å²) in [5, 5.41) is 1.46. The molecule has 0 spiro atoms. The van der Waals surface area contributed by atoms with E-state index in [2.05, 4.69) is 61.0 Å². The molecule has 2 aromatic rings. The number of hydrogen-bond donors (Lipinski definition) is 0. The molecule has 0 amide bonds. The van der Waals surface area contributed by atoms with Gasteiger partial charge in [-0.15, -0.1) is 0 Å². The first-order valence-electron chi connectivity index (χ1n) is 9.29. The van der Waals surface area contributed by atoms with Gasteiger partial charge in [-0.3, -0.25) is 4.90 Å². The number of nitrogens with zero attached hydrogens (tertiary/aromatic N) is 2. The van der Waals surface area contributed by atoms with Crippen LogP contribution in [0.15, 0.2) is 36.1 Å². The van der Waals surface area contributed by atoms with Crippen molar-refractivity contribution in [3.05, 3.63) is 47.4 Å². The highest BCUT2D eigenvalue weighted by molar-refractivity contribution is 5.86. The van der Waals surface area contributed by atoms with Crippen molar-refractivity contribution >= 4 is 10.9 Å². The maximum atomic E-state index is 5.87. The fraction of sp³-hybridized carbons (Fsp3) is 0.524. The maximum Gasteiger partial charge on any atom is 0.0922 e. The van der Waals surface area contributed by atoms with Gasteiger partial charge in [-0.05, 0) is 49.4 Å². The van der Waals surface area contributed by atoms with Crippen LogP contribution in [-0.4, -0.2) is 29.2 Å². The first-order chi connectivity index (χ1) is 11.7. The molecule has 3 heteroatoms. The average Bonchev–Trinajstić information content (AvgIpc) is 2.88. The molecule has 4 atom stereocenters. The van der Waals surface area contributed by atoms with E-state index in [0.717, 1.165) is 19.4 Å². The molecule has 0 N–H and O–H groups in total. The zero-order valence-electron chi connectivity index (χ0n) is 14.8. The number of benzene rings is 1. The van der Waals surface area contributed by atoms with Gasteiger partial charge in [0.25, 0.3) is 0 Å². The average molecular weight is 322 g/mol. The van der Waals surface area contributed by atoms with Crippen molar-refractivity contribution in [1.82, 2.24) is 9.47 Å². The lowest BCUT2D eigenvalue weighted by molar-refractivity contribution is -0.0245. The Labute approximate surface area is 143 Å². The normalized spacial score (nSPS) is 32.0. The fourth-order valence-corrected chi connectivity index (χ4v) is 5.68. The molecule has 0 aliphatic carbocycles. The van der Waals surface area contributed by atoms with E-state index in [9.17, 15) is 0 Å². The highest BCUT2D eigenvalue weighted by Crippen LogP contribution is 2.51. The van der Waals surface area contributed by atoms with Gasteiger partial charge in [0.05, 0.1) is 18.9 Å². The van der Waals surface area contributed by atoms with Crippen LogP contribution in [0.4, 0.5) is 0 Å². The van der Waals surface area contributed by atoms with Gasteiger partial charge in [-0.2, -0.15) is 0 Å². The van der Waals surface area contributed by atoms with Crippen molar-refractivity contribution in [3.8, 4) is 0 Å². The van der Waals surface area contributed by atoms with Crippen LogP contribution in [0, 0.1) is 11.8 Å². The van der Waals surface area contributed by atoms with Gasteiger partial charge in [0, 0.05) is 35.6 Å². The summed E-state index contributed by atoms with van der Waals surface area (Å²) in [7, 11) is 4.58. The molecular formula is C21H26N2O. The summed E-state index contributed by atoms with van der Waals surface area (Å²) in [6.07, 6.45) is 5.57. The minimum atomic E-state index is 0.533. The van der Waals surface area contributed by atoms with Crippen LogP contribution in [0.2, 0.25) is 0 Å². The number of ether oxygens (including phenoxy) is 1. The Kier molecular flexibility index (Phi) is 3.12. The number of piperidine rings is 1. The predicted molar refractivity (Wildman–Crippen MR) is 96.8 cm³/mol. The van der Waals surface area contributed by atoms with Crippen LogP contribution in [0.25, 0.3) is 10.9 Å². The SMILES string of the molecule is CCC1=COCC2C1CC1c3c(c4ccccc4n3C)CC2N1C. The van der Waals surface area contributed by atoms with E-state index >= 15 is 0 Å². The second kappa shape index (κ2) is 5.13. The molecule has 0 radical (unpaired) electrons. The van der Waals surface area contributed by atoms with Gasteiger partial charge >= 0.3 is 0 Å². The summed E-state index contributed by atoms with van der Waals surface area (Å²) in [6.45, 7) is 3.16. The molecule has 4 heterocycles. The van der Waals surface area contributed by atoms with Crippen molar-refractivity contribution in [2.45, 2.75) is 38.3 Å². The first kappa shape index (κ1) is 14.6. The Morgan fingerprint density at radius 2 is 2.04 bits per heavy atom. The zero-order valence-corrected chi connectivity index (χ0v) is 14.8. The molecule has 24 heavy (non-hydrogen) atoms. The third kappa shape index (κ3) is 1.76. The van der Waals surface area contributed by atoms with E-state index in [1.807, 2.05) is 0 Å². The van der Waals surface area contributed by atoms with Gasteiger partial charge in [-0.25, -0.2) is 0 Å². The number of rotatable bonds is 1. The summed E-state index contributed by atoms with van der Waals surface area (Å²) in [4.78, 5) is 2.64. The standard InChI is InChI=1S/C21H26N2O/c1-4-13-11-24-12-17-15(13)9-20-21-16(10-19(17)22(20)2)14-7-5-6-8-18(14)23(21)3/h5-8,11,15,17,19-20H,4,9-10,12H2,1-3H3. The molecule has 4 unspecified atom stereocenters. The van der Waals surface area contributed by atoms with Crippen LogP contribution in [0.5, 0.6) is 0 Å². The minimum Gasteiger partial charge on any atom is -0.501 e. The maximum absolute atomic E-state index is 5.87. The third-order valence-electron chi connectivity index (χ3n) is 6.90. The monoisotopic (exact) mass is 322 g/mol. The zero-order chi connectivity index (χ0) is 16.4. The second-order valence-electron chi connectivity index (χ2n) is 7.78. The molecule has 1 aromatic heterocycles. The summed E-state index contributed by atoms with van der Waals surface area (Å²) in [5.74, 6) is 1.33. The highest BCUT2D eigenvalue weighted by Gasteiger charge is 2.48. The number of hydrogen-bond acceptors (Lipinski definition) is 2. The van der Waals surface area contributed by atoms with Crippen LogP contribution < -0.4 is 0 Å². The lowest BCUT2D eigenvalue weighted by atomic mass is 9.67. The minimum absolute atomic E-state index is 0.533. The Balaban J connectivity index is 1.68. The van der Waals surface area contributed by atoms with Crippen LogP contribution in [0.3, 0.4) is 0 Å². The number of para-hydroxylation sites is 1. The highest BCUT2D eigenvalue weighted by atomic mass is 16.5. The van der Waals surface area contributed by atoms with Crippen molar-refractivity contribution in [2.75, 3.05) is 13.7 Å². The third-order valence-corrected chi connectivity index (χ3v) is 6.90. The van der Waals surface area contributed by atoms with Crippen molar-refractivity contribution in [3.63, 3.8) is 0 Å². The van der Waals surface area contributed by atoms with Crippen LogP contribution in [-0.2, 0) is 18.2 Å². The molecule has 126 valence electrons. The Bertz CT molecular complexity index is 834. The Morgan fingerprint density at radius 1 is 1.21 bits per heavy atom. The summed E-state index contributed by atoms with van der Waals surface area (Å²) in [6, 6.07) is 10.1. The molecular weight excluding hydrogens is 296 g/mol. The van der Waals surface area contributed by atoms with E-state index < -0.39 is 0 Å². The second-order valence-corrected chi connectivity index (χ2v) is 7.78. The van der Waals surface area contributed by atoms with Gasteiger partial charge in [-0.1, -0.05) is 25.1 Å². The summed E-state index contributed by atoms with van der Waals surface area (Å²) in [5.41, 5.74) is 6.05. The molecule has 2 bridgehead atoms. The molecule has 1 saturated heterocycles. The molecule has 3 aliphatic heterocycles. The van der Waals surface area contributed by atoms with Crippen LogP contribution >= 0.6 is 0 Å². The number of allylic oxidation sites excluding steroid dienone is 1. The predicted octanol–water partition coefficient (Wildman–Crippen LogP) is 4.04. The van der Waals surface area contributed by atoms with E-state index in [0.29, 0.717) is 23.9 Å². The largest absolute Gasteiger partial charge is 0.501 e. The number of fused-ring (bicyclic) bond motifs is 8. The number of aromatic nitrogens is 1. The molecule has 0 saturated carbocycles. The van der Waals surface area contributed by atoms with E-state index in [4.69, 9.17) is 4.74 Å². The van der Waals surface area contributed by atoms with Gasteiger partial charge < -0.3 is 9.30 Å². The van der Waals surface area contributed by atoms with Crippen LogP contribution in [0.1, 0.15) is 37.1 Å². The number of aryl methyl sites for hydroxylation is 1. The number of likely N-dealkylation sites (N-methyl/N-ethyl adjacent to an activating group) is 1. The van der Waals surface area contributed by atoms with Crippen molar-refractivity contribution < 1.29 is 4.74 Å². The van der Waals surface area contributed by atoms with Gasteiger partial charge in [0.1, 0.15) is 0 Å². The summed E-state index contributed by atoms with van der Waals surface area (Å²) >= 11 is 0. The summed E-state index contributed by atoms with van der Waals surface area (Å²) < 4.78 is 8.32.